The standard InChI is InChI=1S/C10H15ClN2O/c1-6(2)9(12)10(14)7-3-8(11)5-13-4-7/h3-6,9-10,14H,12H2,1-2H3/t9-,10+/m1/s1. The van der Waals surface area contributed by atoms with Crippen molar-refractivity contribution in [3.8, 4) is 0 Å². The Bertz CT molecular complexity index is 304. The molecule has 1 aromatic rings. The highest BCUT2D eigenvalue weighted by Gasteiger charge is 2.20. The summed E-state index contributed by atoms with van der Waals surface area (Å²) in [5, 5.41) is 10.4. The van der Waals surface area contributed by atoms with E-state index in [4.69, 9.17) is 17.3 Å². The van der Waals surface area contributed by atoms with Crippen LogP contribution in [0.4, 0.5) is 0 Å². The molecule has 0 fully saturated rings. The molecule has 3 nitrogen and oxygen atoms in total. The summed E-state index contributed by atoms with van der Waals surface area (Å²) < 4.78 is 0. The van der Waals surface area contributed by atoms with Crippen molar-refractivity contribution in [2.24, 2.45) is 11.7 Å². The fraction of sp³-hybridized carbons (Fsp3) is 0.500. The molecule has 3 N–H and O–H groups in total. The van der Waals surface area contributed by atoms with Gasteiger partial charge in [-0.2, -0.15) is 0 Å². The second-order valence-electron chi connectivity index (χ2n) is 3.70. The monoisotopic (exact) mass is 214 g/mol. The molecule has 0 saturated heterocycles. The van der Waals surface area contributed by atoms with E-state index in [2.05, 4.69) is 4.98 Å². The SMILES string of the molecule is CC(C)[C@@H](N)[C@@H](O)c1cncc(Cl)c1. The smallest absolute Gasteiger partial charge is 0.0958 e. The van der Waals surface area contributed by atoms with E-state index in [9.17, 15) is 5.11 Å². The van der Waals surface area contributed by atoms with Gasteiger partial charge in [-0.1, -0.05) is 25.4 Å². The van der Waals surface area contributed by atoms with Gasteiger partial charge in [0.15, 0.2) is 0 Å². The molecule has 14 heavy (non-hydrogen) atoms. The maximum atomic E-state index is 9.86. The molecular formula is C10H15ClN2O. The van der Waals surface area contributed by atoms with Crippen LogP contribution in [0.5, 0.6) is 0 Å². The Morgan fingerprint density at radius 2 is 2.07 bits per heavy atom. The lowest BCUT2D eigenvalue weighted by Crippen LogP contribution is -2.33. The average Bonchev–Trinajstić information content (AvgIpc) is 2.15. The fourth-order valence-corrected chi connectivity index (χ4v) is 1.36. The molecule has 0 amide bonds. The molecule has 1 aromatic heterocycles. The lowest BCUT2D eigenvalue weighted by molar-refractivity contribution is 0.125. The summed E-state index contributed by atoms with van der Waals surface area (Å²) in [7, 11) is 0. The van der Waals surface area contributed by atoms with Crippen LogP contribution in [-0.2, 0) is 0 Å². The van der Waals surface area contributed by atoms with Crippen LogP contribution >= 0.6 is 11.6 Å². The molecule has 0 aromatic carbocycles. The first-order chi connectivity index (χ1) is 6.52. The molecule has 0 saturated carbocycles. The fourth-order valence-electron chi connectivity index (χ4n) is 1.18. The minimum atomic E-state index is -0.707. The Labute approximate surface area is 88.9 Å². The van der Waals surface area contributed by atoms with E-state index >= 15 is 0 Å². The number of hydrogen-bond acceptors (Lipinski definition) is 3. The average molecular weight is 215 g/mol. The number of aliphatic hydroxyl groups is 1. The van der Waals surface area contributed by atoms with Crippen molar-refractivity contribution >= 4 is 11.6 Å². The minimum Gasteiger partial charge on any atom is -0.387 e. The van der Waals surface area contributed by atoms with Crippen LogP contribution in [0.1, 0.15) is 25.5 Å². The van der Waals surface area contributed by atoms with Crippen LogP contribution in [0.2, 0.25) is 5.02 Å². The van der Waals surface area contributed by atoms with Gasteiger partial charge in [0, 0.05) is 24.0 Å². The van der Waals surface area contributed by atoms with Gasteiger partial charge in [0.05, 0.1) is 11.1 Å². The zero-order valence-corrected chi connectivity index (χ0v) is 9.07. The molecule has 0 unspecified atom stereocenters. The lowest BCUT2D eigenvalue weighted by Gasteiger charge is -2.22. The molecule has 0 aliphatic carbocycles. The van der Waals surface area contributed by atoms with Gasteiger partial charge in [-0.3, -0.25) is 4.98 Å². The minimum absolute atomic E-state index is 0.212. The third-order valence-electron chi connectivity index (χ3n) is 2.20. The van der Waals surface area contributed by atoms with Crippen molar-refractivity contribution in [1.82, 2.24) is 4.98 Å². The highest BCUT2D eigenvalue weighted by Crippen LogP contribution is 2.21. The third-order valence-corrected chi connectivity index (χ3v) is 2.41. The van der Waals surface area contributed by atoms with Crippen molar-refractivity contribution in [1.29, 1.82) is 0 Å². The van der Waals surface area contributed by atoms with Crippen molar-refractivity contribution < 1.29 is 5.11 Å². The molecule has 4 heteroatoms. The zero-order valence-electron chi connectivity index (χ0n) is 8.31. The Morgan fingerprint density at radius 3 is 2.57 bits per heavy atom. The summed E-state index contributed by atoms with van der Waals surface area (Å²) in [5.74, 6) is 0.212. The Balaban J connectivity index is 2.83. The van der Waals surface area contributed by atoms with Crippen LogP contribution in [0.3, 0.4) is 0 Å². The zero-order chi connectivity index (χ0) is 10.7. The van der Waals surface area contributed by atoms with E-state index in [-0.39, 0.29) is 12.0 Å². The number of aliphatic hydroxyl groups excluding tert-OH is 1. The quantitative estimate of drug-likeness (QED) is 0.806. The number of nitrogens with zero attached hydrogens (tertiary/aromatic N) is 1. The highest BCUT2D eigenvalue weighted by molar-refractivity contribution is 6.30. The number of pyridine rings is 1. The maximum absolute atomic E-state index is 9.86. The highest BCUT2D eigenvalue weighted by atomic mass is 35.5. The number of halogens is 1. The van der Waals surface area contributed by atoms with Gasteiger partial charge < -0.3 is 10.8 Å². The van der Waals surface area contributed by atoms with Crippen LogP contribution in [0.25, 0.3) is 0 Å². The lowest BCUT2D eigenvalue weighted by atomic mass is 9.95. The van der Waals surface area contributed by atoms with E-state index in [0.717, 1.165) is 0 Å². The third kappa shape index (κ3) is 2.67. The van der Waals surface area contributed by atoms with Gasteiger partial charge in [0.1, 0.15) is 0 Å². The molecule has 0 aliphatic rings. The topological polar surface area (TPSA) is 59.1 Å². The molecule has 1 heterocycles. The maximum Gasteiger partial charge on any atom is 0.0958 e. The molecule has 1 rings (SSSR count). The van der Waals surface area contributed by atoms with Gasteiger partial charge in [-0.15, -0.1) is 0 Å². The summed E-state index contributed by atoms with van der Waals surface area (Å²) in [4.78, 5) is 3.90. The number of aromatic nitrogens is 1. The van der Waals surface area contributed by atoms with Crippen molar-refractivity contribution in [2.75, 3.05) is 0 Å². The first-order valence-electron chi connectivity index (χ1n) is 4.56. The van der Waals surface area contributed by atoms with Gasteiger partial charge >= 0.3 is 0 Å². The van der Waals surface area contributed by atoms with Gasteiger partial charge in [0.2, 0.25) is 0 Å². The second-order valence-corrected chi connectivity index (χ2v) is 4.14. The normalized spacial score (nSPS) is 15.6. The predicted octanol–water partition coefficient (Wildman–Crippen LogP) is 1.75. The molecule has 0 spiro atoms. The first-order valence-corrected chi connectivity index (χ1v) is 4.94. The number of rotatable bonds is 3. The summed E-state index contributed by atoms with van der Waals surface area (Å²) in [6.07, 6.45) is 2.40. The molecular weight excluding hydrogens is 200 g/mol. The first kappa shape index (κ1) is 11.4. The van der Waals surface area contributed by atoms with E-state index in [1.54, 1.807) is 12.3 Å². The summed E-state index contributed by atoms with van der Waals surface area (Å²) in [6.45, 7) is 3.93. The van der Waals surface area contributed by atoms with E-state index < -0.39 is 6.10 Å². The summed E-state index contributed by atoms with van der Waals surface area (Å²) >= 11 is 5.76. The number of hydrogen-bond donors (Lipinski definition) is 2. The van der Waals surface area contributed by atoms with Crippen LogP contribution in [-0.4, -0.2) is 16.1 Å². The van der Waals surface area contributed by atoms with Crippen LogP contribution < -0.4 is 5.73 Å². The molecule has 2 atom stereocenters. The Morgan fingerprint density at radius 1 is 1.43 bits per heavy atom. The largest absolute Gasteiger partial charge is 0.387 e. The van der Waals surface area contributed by atoms with E-state index in [1.807, 2.05) is 13.8 Å². The van der Waals surface area contributed by atoms with Crippen molar-refractivity contribution in [3.05, 3.63) is 29.0 Å². The molecule has 0 radical (unpaired) electrons. The molecule has 0 bridgehead atoms. The molecule has 78 valence electrons. The van der Waals surface area contributed by atoms with Crippen molar-refractivity contribution in [2.45, 2.75) is 26.0 Å². The van der Waals surface area contributed by atoms with E-state index in [1.165, 1.54) is 6.20 Å². The Kier molecular flexibility index (Phi) is 3.86. The number of nitrogens with two attached hydrogens (primary N) is 1. The predicted molar refractivity (Wildman–Crippen MR) is 57.0 cm³/mol. The Hall–Kier alpha value is -0.640. The van der Waals surface area contributed by atoms with Crippen LogP contribution in [0, 0.1) is 5.92 Å². The van der Waals surface area contributed by atoms with E-state index in [0.29, 0.717) is 10.6 Å². The van der Waals surface area contributed by atoms with Gasteiger partial charge in [0.25, 0.3) is 0 Å². The van der Waals surface area contributed by atoms with Crippen molar-refractivity contribution in [3.63, 3.8) is 0 Å². The summed E-state index contributed by atoms with van der Waals surface area (Å²) in [5.41, 5.74) is 6.49. The molecule has 0 aliphatic heterocycles. The second kappa shape index (κ2) is 4.73. The van der Waals surface area contributed by atoms with Gasteiger partial charge in [-0.25, -0.2) is 0 Å². The van der Waals surface area contributed by atoms with Gasteiger partial charge in [-0.05, 0) is 12.0 Å². The van der Waals surface area contributed by atoms with Crippen LogP contribution in [0.15, 0.2) is 18.5 Å². The summed E-state index contributed by atoms with van der Waals surface area (Å²) in [6, 6.07) is 1.39.